The molecule has 3 heteroatoms. The summed E-state index contributed by atoms with van der Waals surface area (Å²) in [5.74, 6) is 0. The molecule has 0 atom stereocenters. The fraction of sp³-hybridized carbons (Fsp3) is 0.125. The predicted octanol–water partition coefficient (Wildman–Crippen LogP) is 2.79. The fourth-order valence-electron chi connectivity index (χ4n) is 1.87. The summed E-state index contributed by atoms with van der Waals surface area (Å²) in [5.41, 5.74) is 0. The molecule has 0 saturated heterocycles. The third-order valence-corrected chi connectivity index (χ3v) is 10.5. The van der Waals surface area contributed by atoms with Crippen LogP contribution in [0.25, 0.3) is 0 Å². The first-order valence-corrected chi connectivity index (χ1v) is 10.2. The van der Waals surface area contributed by atoms with Crippen LogP contribution in [-0.4, -0.2) is 9.97 Å². The van der Waals surface area contributed by atoms with Gasteiger partial charge in [-0.15, -0.1) is 0 Å². The van der Waals surface area contributed by atoms with Gasteiger partial charge in [-0.3, -0.25) is 0 Å². The molecule has 19 heavy (non-hydrogen) atoms. The zero-order valence-electron chi connectivity index (χ0n) is 10.8. The zero-order valence-corrected chi connectivity index (χ0v) is 12.6. The Bertz CT molecular complexity index is 486. The molecule has 100 valence electrons. The first kappa shape index (κ1) is 13.8. The molecule has 0 fully saturated rings. The van der Waals surface area contributed by atoms with Crippen molar-refractivity contribution in [2.75, 3.05) is 0 Å². The Morgan fingerprint density at radius 3 is 1.63 bits per heavy atom. The Labute approximate surface area is 117 Å². The monoisotopic (exact) mass is 340 g/mol. The number of nitrogens with zero attached hydrogens (tertiary/aromatic N) is 2. The maximum atomic E-state index is 4.60. The molecule has 2 aromatic heterocycles. The van der Waals surface area contributed by atoms with Crippen molar-refractivity contribution in [3.8, 4) is 0 Å². The maximum absolute atomic E-state index is 4.60. The molecule has 0 amide bonds. The van der Waals surface area contributed by atoms with Crippen molar-refractivity contribution in [2.24, 2.45) is 0 Å². The second kappa shape index (κ2) is 6.54. The molecule has 0 unspecified atom stereocenters. The van der Waals surface area contributed by atoms with E-state index in [9.17, 15) is 0 Å². The average Bonchev–Trinajstić information content (AvgIpc) is 2.49. The van der Waals surface area contributed by atoms with Crippen LogP contribution in [0.2, 0.25) is 10.0 Å². The number of allylic oxidation sites excluding steroid dienone is 2. The quantitative estimate of drug-likeness (QED) is 0.597. The molecule has 2 nitrogen and oxygen atoms in total. The van der Waals surface area contributed by atoms with E-state index < -0.39 is 14.8 Å². The zero-order chi connectivity index (χ0) is 13.6. The van der Waals surface area contributed by atoms with Crippen LogP contribution in [0.3, 0.4) is 0 Å². The third kappa shape index (κ3) is 2.88. The Hall–Kier alpha value is -1.60. The van der Waals surface area contributed by atoms with Crippen LogP contribution in [0, 0.1) is 0 Å². The first-order valence-electron chi connectivity index (χ1n) is 6.03. The SMILES string of the molecule is C=C[CH2][Ru]([CH2]C=C)([c]1ccccn1)[c]1ccccn1. The van der Waals surface area contributed by atoms with E-state index in [0.717, 1.165) is 10.0 Å². The molecule has 0 aliphatic heterocycles. The van der Waals surface area contributed by atoms with E-state index >= 15 is 0 Å². The second-order valence-electron chi connectivity index (χ2n) is 3.91. The first-order chi connectivity index (χ1) is 9.33. The van der Waals surface area contributed by atoms with E-state index in [1.165, 1.54) is 8.58 Å². The van der Waals surface area contributed by atoms with Crippen molar-refractivity contribution >= 4 is 8.58 Å². The summed E-state index contributed by atoms with van der Waals surface area (Å²) in [4.78, 5) is 9.21. The van der Waals surface area contributed by atoms with Gasteiger partial charge in [0.05, 0.1) is 0 Å². The summed E-state index contributed by atoms with van der Waals surface area (Å²) in [6, 6.07) is 12.2. The van der Waals surface area contributed by atoms with Crippen molar-refractivity contribution in [1.82, 2.24) is 9.97 Å². The molecule has 0 spiro atoms. The number of aromatic nitrogens is 2. The molecule has 2 aromatic rings. The van der Waals surface area contributed by atoms with Crippen LogP contribution >= 0.6 is 0 Å². The topological polar surface area (TPSA) is 25.8 Å². The normalized spacial score (nSPS) is 11.8. The molecule has 0 radical (unpaired) electrons. The second-order valence-corrected chi connectivity index (χ2v) is 10.9. The Morgan fingerprint density at radius 1 is 0.842 bits per heavy atom. The van der Waals surface area contributed by atoms with Gasteiger partial charge in [-0.25, -0.2) is 0 Å². The summed E-state index contributed by atoms with van der Waals surface area (Å²) >= 11 is -2.39. The van der Waals surface area contributed by atoms with Gasteiger partial charge in [-0.2, -0.15) is 0 Å². The van der Waals surface area contributed by atoms with E-state index in [1.54, 1.807) is 0 Å². The van der Waals surface area contributed by atoms with Crippen LogP contribution in [0.5, 0.6) is 0 Å². The molecule has 0 saturated carbocycles. The Kier molecular flexibility index (Phi) is 4.76. The van der Waals surface area contributed by atoms with Crippen molar-refractivity contribution in [2.45, 2.75) is 10.0 Å². The van der Waals surface area contributed by atoms with Gasteiger partial charge >= 0.3 is 117 Å². The third-order valence-electron chi connectivity index (χ3n) is 2.63. The van der Waals surface area contributed by atoms with E-state index in [2.05, 4.69) is 35.3 Å². The van der Waals surface area contributed by atoms with E-state index in [-0.39, 0.29) is 0 Å². The van der Waals surface area contributed by atoms with Gasteiger partial charge in [-0.05, 0) is 0 Å². The molecular weight excluding hydrogens is 321 g/mol. The van der Waals surface area contributed by atoms with E-state index in [1.807, 2.05) is 48.8 Å². The van der Waals surface area contributed by atoms with E-state index in [0.29, 0.717) is 0 Å². The van der Waals surface area contributed by atoms with Gasteiger partial charge in [0.25, 0.3) is 0 Å². The summed E-state index contributed by atoms with van der Waals surface area (Å²) < 4.78 is 2.36. The summed E-state index contributed by atoms with van der Waals surface area (Å²) in [6.07, 6.45) is 7.72. The minimum atomic E-state index is -2.39. The minimum absolute atomic E-state index is 0.955. The van der Waals surface area contributed by atoms with Crippen molar-refractivity contribution < 1.29 is 14.8 Å². The number of rotatable bonds is 6. The van der Waals surface area contributed by atoms with Gasteiger partial charge in [0.2, 0.25) is 0 Å². The molecule has 2 rings (SSSR count). The van der Waals surface area contributed by atoms with Crippen LogP contribution in [0.15, 0.2) is 74.1 Å². The number of hydrogen-bond donors (Lipinski definition) is 0. The summed E-state index contributed by atoms with van der Waals surface area (Å²) in [7, 11) is 0. The molecular formula is C16H18N2Ru. The van der Waals surface area contributed by atoms with Gasteiger partial charge in [0, 0.05) is 0 Å². The predicted molar refractivity (Wildman–Crippen MR) is 77.8 cm³/mol. The molecule has 2 heterocycles. The van der Waals surface area contributed by atoms with Gasteiger partial charge in [0.1, 0.15) is 0 Å². The van der Waals surface area contributed by atoms with Crippen LogP contribution in [-0.2, 0) is 14.8 Å². The molecule has 0 aliphatic rings. The van der Waals surface area contributed by atoms with Gasteiger partial charge < -0.3 is 0 Å². The summed E-state index contributed by atoms with van der Waals surface area (Å²) in [5, 5.41) is 1.91. The summed E-state index contributed by atoms with van der Waals surface area (Å²) in [6.45, 7) is 7.86. The Balaban J connectivity index is 2.60. The number of hydrogen-bond acceptors (Lipinski definition) is 2. The molecule has 0 aliphatic carbocycles. The van der Waals surface area contributed by atoms with Crippen LogP contribution < -0.4 is 8.58 Å². The van der Waals surface area contributed by atoms with Gasteiger partial charge in [-0.1, -0.05) is 0 Å². The van der Waals surface area contributed by atoms with Crippen LogP contribution in [0.1, 0.15) is 0 Å². The van der Waals surface area contributed by atoms with Gasteiger partial charge in [0.15, 0.2) is 0 Å². The van der Waals surface area contributed by atoms with Crippen molar-refractivity contribution in [3.05, 3.63) is 74.1 Å². The van der Waals surface area contributed by atoms with Crippen molar-refractivity contribution in [3.63, 3.8) is 0 Å². The fourth-order valence-corrected chi connectivity index (χ4v) is 8.35. The van der Waals surface area contributed by atoms with Crippen molar-refractivity contribution in [1.29, 1.82) is 0 Å². The number of pyridine rings is 2. The standard InChI is InChI=1S/2C5H4N.2C3H5.Ru/c2*1-2-4-6-5-3-1;2*1-3-2;/h2*1-4H;2*3H,1-2H2;. The molecule has 0 N–H and O–H groups in total. The molecule has 0 bridgehead atoms. The average molecular weight is 339 g/mol. The van der Waals surface area contributed by atoms with E-state index in [4.69, 9.17) is 0 Å². The molecule has 0 aromatic carbocycles. The van der Waals surface area contributed by atoms with Crippen LogP contribution in [0.4, 0.5) is 0 Å². The Morgan fingerprint density at radius 2 is 1.32 bits per heavy atom.